The molecule has 1 aromatic heterocycles. The molecular weight excluding hydrogens is 272 g/mol. The maximum Gasteiger partial charge on any atom is 0.326 e. The highest BCUT2D eigenvalue weighted by Gasteiger charge is 2.25. The van der Waals surface area contributed by atoms with Crippen LogP contribution in [-0.4, -0.2) is 46.5 Å². The maximum absolute atomic E-state index is 12.4. The molecule has 21 heavy (non-hydrogen) atoms. The number of aromatic amines is 2. The van der Waals surface area contributed by atoms with Crippen molar-refractivity contribution in [2.45, 2.75) is 32.7 Å². The Morgan fingerprint density at radius 3 is 2.86 bits per heavy atom. The van der Waals surface area contributed by atoms with Gasteiger partial charge in [0.1, 0.15) is 5.69 Å². The summed E-state index contributed by atoms with van der Waals surface area (Å²) in [6, 6.07) is 1.56. The molecule has 2 rings (SSSR count). The fraction of sp³-hybridized carbons (Fsp3) is 0.643. The zero-order chi connectivity index (χ0) is 15.4. The van der Waals surface area contributed by atoms with E-state index in [1.807, 2.05) is 0 Å². The summed E-state index contributed by atoms with van der Waals surface area (Å²) in [5, 5.41) is 3.38. The molecule has 1 unspecified atom stereocenters. The van der Waals surface area contributed by atoms with Crippen LogP contribution in [0.3, 0.4) is 0 Å². The van der Waals surface area contributed by atoms with Gasteiger partial charge in [0, 0.05) is 25.2 Å². The first-order valence-corrected chi connectivity index (χ1v) is 7.32. The summed E-state index contributed by atoms with van der Waals surface area (Å²) in [4.78, 5) is 41.1. The monoisotopic (exact) mass is 294 g/mol. The lowest BCUT2D eigenvalue weighted by Gasteiger charge is -2.33. The first-order chi connectivity index (χ1) is 9.95. The van der Waals surface area contributed by atoms with Gasteiger partial charge in [0.2, 0.25) is 0 Å². The smallest absolute Gasteiger partial charge is 0.326 e. The van der Waals surface area contributed by atoms with Gasteiger partial charge in [-0.25, -0.2) is 4.79 Å². The second-order valence-corrected chi connectivity index (χ2v) is 5.82. The van der Waals surface area contributed by atoms with Gasteiger partial charge < -0.3 is 15.2 Å². The molecule has 1 fully saturated rings. The highest BCUT2D eigenvalue weighted by molar-refractivity contribution is 5.92. The summed E-state index contributed by atoms with van der Waals surface area (Å²) in [6.45, 7) is 6.35. The average Bonchev–Trinajstić information content (AvgIpc) is 2.43. The molecule has 1 atom stereocenters. The molecule has 116 valence electrons. The quantitative estimate of drug-likeness (QED) is 0.723. The van der Waals surface area contributed by atoms with Gasteiger partial charge in [0.25, 0.3) is 11.5 Å². The lowest BCUT2D eigenvalue weighted by Crippen LogP contribution is -2.44. The molecule has 0 spiro atoms. The van der Waals surface area contributed by atoms with Gasteiger partial charge >= 0.3 is 5.69 Å². The summed E-state index contributed by atoms with van der Waals surface area (Å²) in [5.41, 5.74) is -1.15. The van der Waals surface area contributed by atoms with Gasteiger partial charge in [-0.3, -0.25) is 14.6 Å². The highest BCUT2D eigenvalue weighted by atomic mass is 16.2. The number of aromatic nitrogens is 2. The molecule has 1 aromatic rings. The van der Waals surface area contributed by atoms with Crippen molar-refractivity contribution in [2.75, 3.05) is 19.6 Å². The SMILES string of the molecule is CC(C)NCC1CCCN(C(=O)c2cc(=O)[nH]c(=O)[nH]2)C1. The second kappa shape index (κ2) is 6.71. The number of nitrogens with zero attached hydrogens (tertiary/aromatic N) is 1. The molecule has 0 radical (unpaired) electrons. The normalized spacial score (nSPS) is 19.0. The molecule has 0 aliphatic carbocycles. The van der Waals surface area contributed by atoms with Crippen LogP contribution in [0.1, 0.15) is 37.2 Å². The molecular formula is C14H22N4O3. The van der Waals surface area contributed by atoms with Crippen LogP contribution in [0.5, 0.6) is 0 Å². The minimum absolute atomic E-state index is 0.0567. The maximum atomic E-state index is 12.4. The number of hydrogen-bond donors (Lipinski definition) is 3. The fourth-order valence-corrected chi connectivity index (χ4v) is 2.57. The average molecular weight is 294 g/mol. The molecule has 0 bridgehead atoms. The van der Waals surface area contributed by atoms with E-state index >= 15 is 0 Å². The van der Waals surface area contributed by atoms with E-state index in [0.717, 1.165) is 25.5 Å². The third-order valence-electron chi connectivity index (χ3n) is 3.61. The number of piperidine rings is 1. The van der Waals surface area contributed by atoms with Crippen molar-refractivity contribution in [3.63, 3.8) is 0 Å². The number of carbonyl (C=O) groups is 1. The molecule has 1 aliphatic rings. The summed E-state index contributed by atoms with van der Waals surface area (Å²) in [7, 11) is 0. The van der Waals surface area contributed by atoms with E-state index in [9.17, 15) is 14.4 Å². The van der Waals surface area contributed by atoms with E-state index in [2.05, 4.69) is 29.1 Å². The fourth-order valence-electron chi connectivity index (χ4n) is 2.57. The predicted octanol–water partition coefficient (Wildman–Crippen LogP) is -0.0866. The number of carbonyl (C=O) groups excluding carboxylic acids is 1. The topological polar surface area (TPSA) is 98.1 Å². The highest BCUT2D eigenvalue weighted by Crippen LogP contribution is 2.17. The lowest BCUT2D eigenvalue weighted by molar-refractivity contribution is 0.0665. The largest absolute Gasteiger partial charge is 0.337 e. The van der Waals surface area contributed by atoms with Crippen LogP contribution in [0, 0.1) is 5.92 Å². The first kappa shape index (κ1) is 15.5. The van der Waals surface area contributed by atoms with E-state index in [-0.39, 0.29) is 11.6 Å². The van der Waals surface area contributed by atoms with E-state index in [4.69, 9.17) is 0 Å². The third kappa shape index (κ3) is 4.29. The minimum atomic E-state index is -0.652. The van der Waals surface area contributed by atoms with Gasteiger partial charge in [-0.05, 0) is 25.3 Å². The van der Waals surface area contributed by atoms with Crippen molar-refractivity contribution in [3.8, 4) is 0 Å². The Bertz CT molecular complexity index is 576. The molecule has 1 amide bonds. The van der Waals surface area contributed by atoms with Gasteiger partial charge in [0.15, 0.2) is 0 Å². The Morgan fingerprint density at radius 2 is 2.19 bits per heavy atom. The van der Waals surface area contributed by atoms with Gasteiger partial charge in [0.05, 0.1) is 0 Å². The van der Waals surface area contributed by atoms with Crippen LogP contribution in [-0.2, 0) is 0 Å². The van der Waals surface area contributed by atoms with Crippen LogP contribution in [0.2, 0.25) is 0 Å². The third-order valence-corrected chi connectivity index (χ3v) is 3.61. The van der Waals surface area contributed by atoms with E-state index < -0.39 is 11.2 Å². The predicted molar refractivity (Wildman–Crippen MR) is 79.4 cm³/mol. The molecule has 2 heterocycles. The van der Waals surface area contributed by atoms with Crippen LogP contribution in [0.4, 0.5) is 0 Å². The Balaban J connectivity index is 2.04. The number of rotatable bonds is 4. The second-order valence-electron chi connectivity index (χ2n) is 5.82. The molecule has 0 aromatic carbocycles. The Kier molecular flexibility index (Phi) is 4.95. The van der Waals surface area contributed by atoms with Gasteiger partial charge in [-0.15, -0.1) is 0 Å². The summed E-state index contributed by atoms with van der Waals surface area (Å²) < 4.78 is 0. The van der Waals surface area contributed by atoms with Gasteiger partial charge in [-0.1, -0.05) is 13.8 Å². The van der Waals surface area contributed by atoms with Crippen LogP contribution in [0.15, 0.2) is 15.7 Å². The first-order valence-electron chi connectivity index (χ1n) is 7.32. The summed E-state index contributed by atoms with van der Waals surface area (Å²) in [5.74, 6) is 0.117. The van der Waals surface area contributed by atoms with E-state index in [0.29, 0.717) is 25.0 Å². The van der Waals surface area contributed by atoms with Crippen LogP contribution in [0.25, 0.3) is 0 Å². The van der Waals surface area contributed by atoms with Crippen LogP contribution < -0.4 is 16.6 Å². The molecule has 0 saturated carbocycles. The van der Waals surface area contributed by atoms with Crippen molar-refractivity contribution in [1.29, 1.82) is 0 Å². The molecule has 7 heteroatoms. The minimum Gasteiger partial charge on any atom is -0.337 e. The summed E-state index contributed by atoms with van der Waals surface area (Å²) >= 11 is 0. The van der Waals surface area contributed by atoms with E-state index in [1.54, 1.807) is 4.90 Å². The summed E-state index contributed by atoms with van der Waals surface area (Å²) in [6.07, 6.45) is 2.01. The number of nitrogens with one attached hydrogen (secondary N) is 3. The zero-order valence-electron chi connectivity index (χ0n) is 12.4. The van der Waals surface area contributed by atoms with Gasteiger partial charge in [-0.2, -0.15) is 0 Å². The number of H-pyrrole nitrogens is 2. The molecule has 3 N–H and O–H groups in total. The van der Waals surface area contributed by atoms with Crippen molar-refractivity contribution in [1.82, 2.24) is 20.2 Å². The van der Waals surface area contributed by atoms with Crippen LogP contribution >= 0.6 is 0 Å². The Morgan fingerprint density at radius 1 is 1.43 bits per heavy atom. The van der Waals surface area contributed by atoms with Crippen molar-refractivity contribution in [2.24, 2.45) is 5.92 Å². The Hall–Kier alpha value is -1.89. The van der Waals surface area contributed by atoms with Crippen molar-refractivity contribution in [3.05, 3.63) is 32.6 Å². The Labute approximate surface area is 122 Å². The van der Waals surface area contributed by atoms with Crippen molar-refractivity contribution >= 4 is 5.91 Å². The van der Waals surface area contributed by atoms with E-state index in [1.165, 1.54) is 0 Å². The zero-order valence-corrected chi connectivity index (χ0v) is 12.4. The molecule has 7 nitrogen and oxygen atoms in total. The number of likely N-dealkylation sites (tertiary alicyclic amines) is 1. The lowest BCUT2D eigenvalue weighted by atomic mass is 9.97. The standard InChI is InChI=1S/C14H22N4O3/c1-9(2)15-7-10-4-3-5-18(8-10)13(20)11-6-12(19)17-14(21)16-11/h6,9-10,15H,3-5,7-8H2,1-2H3,(H2,16,17,19,21). The molecule has 1 aliphatic heterocycles. The molecule has 1 saturated heterocycles. The number of amides is 1. The van der Waals surface area contributed by atoms with Crippen molar-refractivity contribution < 1.29 is 4.79 Å². The number of hydrogen-bond acceptors (Lipinski definition) is 4.